The molecule has 0 atom stereocenters. The fraction of sp³-hybridized carbons (Fsp3) is 0.806. The van der Waals surface area contributed by atoms with Gasteiger partial charge in [0.2, 0.25) is 0 Å². The lowest BCUT2D eigenvalue weighted by atomic mass is 10.1. The first-order valence-corrected chi connectivity index (χ1v) is 15.2. The smallest absolute Gasteiger partial charge is 0.123 e. The normalized spacial score (nSPS) is 10.8. The van der Waals surface area contributed by atoms with Crippen LogP contribution in [0.4, 0.5) is 0 Å². The Balaban J connectivity index is 2.22. The third-order valence-electron chi connectivity index (χ3n) is 6.79. The number of nitrogens with zero attached hydrogens (tertiary/aromatic N) is 3. The first kappa shape index (κ1) is 32.2. The average molecular weight is 502 g/mol. The molecule has 5 heteroatoms. The van der Waals surface area contributed by atoms with Crippen LogP contribution in [0, 0.1) is 0 Å². The van der Waals surface area contributed by atoms with E-state index in [1.807, 2.05) is 18.2 Å². The highest BCUT2D eigenvalue weighted by molar-refractivity contribution is 5.38. The Morgan fingerprint density at radius 1 is 0.556 bits per heavy atom. The summed E-state index contributed by atoms with van der Waals surface area (Å²) in [4.78, 5) is 2.90. The van der Waals surface area contributed by atoms with Crippen LogP contribution in [0.15, 0.2) is 23.3 Å². The van der Waals surface area contributed by atoms with Gasteiger partial charge in [0.1, 0.15) is 11.5 Å². The minimum absolute atomic E-state index is 0.320. The zero-order chi connectivity index (χ0) is 25.9. The third-order valence-corrected chi connectivity index (χ3v) is 6.79. The van der Waals surface area contributed by atoms with Gasteiger partial charge in [0, 0.05) is 11.0 Å². The number of unbranched alkanes of at least 4 members (excludes halogenated alkanes) is 18. The monoisotopic (exact) mass is 501 g/mol. The van der Waals surface area contributed by atoms with Crippen molar-refractivity contribution in [3.63, 3.8) is 0 Å². The Morgan fingerprint density at radius 3 is 1.28 bits per heavy atom. The van der Waals surface area contributed by atoms with Crippen LogP contribution < -0.4 is 9.47 Å². The van der Waals surface area contributed by atoms with Crippen molar-refractivity contribution >= 4 is 0 Å². The predicted molar refractivity (Wildman–Crippen MR) is 154 cm³/mol. The van der Waals surface area contributed by atoms with E-state index in [0.717, 1.165) is 43.1 Å². The molecule has 0 unspecified atom stereocenters. The van der Waals surface area contributed by atoms with Crippen LogP contribution in [0.1, 0.15) is 148 Å². The van der Waals surface area contributed by atoms with Crippen LogP contribution in [-0.2, 0) is 6.54 Å². The summed E-state index contributed by atoms with van der Waals surface area (Å²) in [5.74, 6) is 1.63. The van der Waals surface area contributed by atoms with E-state index in [1.165, 1.54) is 116 Å². The van der Waals surface area contributed by atoms with Crippen LogP contribution in [0.3, 0.4) is 0 Å². The Kier molecular flexibility index (Phi) is 22.2. The Hall–Kier alpha value is -1.87. The molecule has 36 heavy (non-hydrogen) atoms. The number of ether oxygens (including phenoxy) is 2. The maximum atomic E-state index is 8.69. The van der Waals surface area contributed by atoms with E-state index >= 15 is 0 Å². The zero-order valence-electron chi connectivity index (χ0n) is 23.7. The largest absolute Gasteiger partial charge is 0.493 e. The van der Waals surface area contributed by atoms with Crippen LogP contribution >= 0.6 is 0 Å². The summed E-state index contributed by atoms with van der Waals surface area (Å²) in [5, 5.41) is 3.72. The maximum absolute atomic E-state index is 8.69. The number of azide groups is 1. The van der Waals surface area contributed by atoms with Gasteiger partial charge in [-0.05, 0) is 36.1 Å². The van der Waals surface area contributed by atoms with Crippen LogP contribution in [0.2, 0.25) is 0 Å². The molecule has 0 fully saturated rings. The van der Waals surface area contributed by atoms with E-state index in [2.05, 4.69) is 23.9 Å². The molecular formula is C31H55N3O2. The number of benzene rings is 1. The highest BCUT2D eigenvalue weighted by Crippen LogP contribution is 2.25. The van der Waals surface area contributed by atoms with Gasteiger partial charge >= 0.3 is 0 Å². The lowest BCUT2D eigenvalue weighted by Crippen LogP contribution is -2.01. The van der Waals surface area contributed by atoms with Gasteiger partial charge in [-0.25, -0.2) is 0 Å². The quantitative estimate of drug-likeness (QED) is 0.0548. The van der Waals surface area contributed by atoms with E-state index in [1.54, 1.807) is 0 Å². The van der Waals surface area contributed by atoms with Crippen molar-refractivity contribution in [3.8, 4) is 11.5 Å². The van der Waals surface area contributed by atoms with Gasteiger partial charge in [0.05, 0.1) is 19.8 Å². The van der Waals surface area contributed by atoms with Gasteiger partial charge in [0.25, 0.3) is 0 Å². The molecule has 0 aliphatic carbocycles. The highest BCUT2D eigenvalue weighted by atomic mass is 16.5. The predicted octanol–water partition coefficient (Wildman–Crippen LogP) is 11.1. The minimum atomic E-state index is 0.320. The summed E-state index contributed by atoms with van der Waals surface area (Å²) in [6.45, 7) is 6.30. The molecule has 0 amide bonds. The van der Waals surface area contributed by atoms with Crippen molar-refractivity contribution < 1.29 is 9.47 Å². The van der Waals surface area contributed by atoms with Gasteiger partial charge < -0.3 is 9.47 Å². The third kappa shape index (κ3) is 19.3. The van der Waals surface area contributed by atoms with Gasteiger partial charge in [0.15, 0.2) is 0 Å². The molecule has 1 rings (SSSR count). The molecule has 0 radical (unpaired) electrons. The van der Waals surface area contributed by atoms with E-state index in [0.29, 0.717) is 6.54 Å². The molecular weight excluding hydrogens is 446 g/mol. The molecule has 0 bridgehead atoms. The van der Waals surface area contributed by atoms with Crippen molar-refractivity contribution in [2.45, 2.75) is 149 Å². The molecule has 0 aromatic heterocycles. The molecule has 206 valence electrons. The Labute approximate surface area is 222 Å². The second kappa shape index (κ2) is 24.8. The lowest BCUT2D eigenvalue weighted by molar-refractivity contribution is 0.289. The molecule has 5 nitrogen and oxygen atoms in total. The number of rotatable bonds is 26. The molecule has 0 aliphatic heterocycles. The fourth-order valence-corrected chi connectivity index (χ4v) is 4.56. The van der Waals surface area contributed by atoms with E-state index in [4.69, 9.17) is 15.0 Å². The molecule has 0 spiro atoms. The van der Waals surface area contributed by atoms with Crippen molar-refractivity contribution in [1.29, 1.82) is 0 Å². The van der Waals surface area contributed by atoms with Crippen molar-refractivity contribution in [1.82, 2.24) is 0 Å². The molecule has 1 aromatic carbocycles. The summed E-state index contributed by atoms with van der Waals surface area (Å²) in [7, 11) is 0. The number of hydrogen-bond donors (Lipinski definition) is 0. The van der Waals surface area contributed by atoms with Gasteiger partial charge in [-0.15, -0.1) is 0 Å². The number of hydrogen-bond acceptors (Lipinski definition) is 3. The van der Waals surface area contributed by atoms with E-state index < -0.39 is 0 Å². The fourth-order valence-electron chi connectivity index (χ4n) is 4.56. The summed E-state index contributed by atoms with van der Waals surface area (Å²) < 4.78 is 12.1. The zero-order valence-corrected chi connectivity index (χ0v) is 23.7. The summed E-state index contributed by atoms with van der Waals surface area (Å²) >= 11 is 0. The molecule has 0 N–H and O–H groups in total. The van der Waals surface area contributed by atoms with Gasteiger partial charge in [-0.3, -0.25) is 0 Å². The summed E-state index contributed by atoms with van der Waals surface area (Å²) in [6.07, 6.45) is 26.3. The molecule has 0 heterocycles. The standard InChI is InChI=1S/C31H55N3O2/c1-3-5-7-9-11-13-15-17-19-21-23-35-30-25-29(28-33-34-32)26-31(27-30)36-24-22-20-18-16-14-12-10-8-6-4-2/h25-27H,3-24,28H2,1-2H3. The molecule has 0 saturated heterocycles. The minimum Gasteiger partial charge on any atom is -0.493 e. The van der Waals surface area contributed by atoms with E-state index in [9.17, 15) is 0 Å². The van der Waals surface area contributed by atoms with Crippen molar-refractivity contribution in [3.05, 3.63) is 34.2 Å². The molecule has 0 aliphatic rings. The second-order valence-corrected chi connectivity index (χ2v) is 10.3. The van der Waals surface area contributed by atoms with Crippen LogP contribution in [0.5, 0.6) is 11.5 Å². The van der Waals surface area contributed by atoms with Gasteiger partial charge in [-0.1, -0.05) is 135 Å². The Morgan fingerprint density at radius 2 is 0.917 bits per heavy atom. The second-order valence-electron chi connectivity index (χ2n) is 10.3. The van der Waals surface area contributed by atoms with E-state index in [-0.39, 0.29) is 0 Å². The van der Waals surface area contributed by atoms with Crippen molar-refractivity contribution in [2.75, 3.05) is 13.2 Å². The average Bonchev–Trinajstić information content (AvgIpc) is 2.89. The van der Waals surface area contributed by atoms with Crippen LogP contribution in [-0.4, -0.2) is 13.2 Å². The first-order chi connectivity index (χ1) is 17.8. The highest BCUT2D eigenvalue weighted by Gasteiger charge is 2.04. The summed E-state index contributed by atoms with van der Waals surface area (Å²) in [6, 6.07) is 5.92. The maximum Gasteiger partial charge on any atom is 0.123 e. The molecule has 0 saturated carbocycles. The summed E-state index contributed by atoms with van der Waals surface area (Å²) in [5.41, 5.74) is 9.63. The SMILES string of the molecule is CCCCCCCCCCCCOc1cc(CN=[N+]=[N-])cc(OCCCCCCCCCCCC)c1. The lowest BCUT2D eigenvalue weighted by Gasteiger charge is -2.12. The molecule has 1 aromatic rings. The van der Waals surface area contributed by atoms with Gasteiger partial charge in [-0.2, -0.15) is 0 Å². The topological polar surface area (TPSA) is 67.2 Å². The Bertz CT molecular complexity index is 630. The van der Waals surface area contributed by atoms with Crippen molar-refractivity contribution in [2.24, 2.45) is 5.11 Å². The van der Waals surface area contributed by atoms with Crippen LogP contribution in [0.25, 0.3) is 10.4 Å². The first-order valence-electron chi connectivity index (χ1n) is 15.2.